The van der Waals surface area contributed by atoms with Gasteiger partial charge in [-0.15, -0.1) is 11.3 Å². The Balaban J connectivity index is 2.02. The molecule has 6 heteroatoms. The molecule has 4 nitrogen and oxygen atoms in total. The minimum Gasteiger partial charge on any atom is -0.409 e. The molecule has 0 aliphatic carbocycles. The molecule has 20 heavy (non-hydrogen) atoms. The van der Waals surface area contributed by atoms with Crippen LogP contribution >= 0.6 is 11.3 Å². The molecule has 0 atom stereocenters. The second-order valence-corrected chi connectivity index (χ2v) is 5.46. The number of nitrogens with one attached hydrogen (secondary N) is 1. The molecule has 0 saturated carbocycles. The quantitative estimate of drug-likeness (QED) is 0.343. The molecule has 4 N–H and O–H groups in total. The van der Waals surface area contributed by atoms with E-state index in [0.29, 0.717) is 12.1 Å². The van der Waals surface area contributed by atoms with E-state index < -0.39 is 5.82 Å². The van der Waals surface area contributed by atoms with Crippen LogP contribution < -0.4 is 11.1 Å². The van der Waals surface area contributed by atoms with Gasteiger partial charge in [-0.25, -0.2) is 4.39 Å². The number of amidine groups is 1. The van der Waals surface area contributed by atoms with Crippen molar-refractivity contribution in [2.24, 2.45) is 10.9 Å². The summed E-state index contributed by atoms with van der Waals surface area (Å²) in [5.74, 6) is -0.502. The normalized spacial score (nSPS) is 11.8. The molecule has 1 aromatic heterocycles. The Morgan fingerprint density at radius 2 is 2.20 bits per heavy atom. The summed E-state index contributed by atoms with van der Waals surface area (Å²) in [6.07, 6.45) is 0. The highest BCUT2D eigenvalue weighted by Crippen LogP contribution is 2.15. The summed E-state index contributed by atoms with van der Waals surface area (Å²) in [6.45, 7) is 3.31. The molecule has 0 spiro atoms. The average molecular weight is 293 g/mol. The zero-order valence-electron chi connectivity index (χ0n) is 11.1. The number of halogens is 1. The third-order valence-corrected chi connectivity index (χ3v) is 3.97. The predicted octanol–water partition coefficient (Wildman–Crippen LogP) is 2.58. The number of thiophene rings is 1. The molecule has 0 amide bonds. The number of rotatable bonds is 5. The third-order valence-electron chi connectivity index (χ3n) is 2.94. The smallest absolute Gasteiger partial charge is 0.170 e. The highest BCUT2D eigenvalue weighted by atomic mass is 32.1. The average Bonchev–Trinajstić information content (AvgIpc) is 2.83. The van der Waals surface area contributed by atoms with Crippen LogP contribution in [0.25, 0.3) is 0 Å². The second kappa shape index (κ2) is 6.49. The SMILES string of the molecule is Cc1ccsc1CNCc1cc(F)cc(/C(N)=N/O)c1. The van der Waals surface area contributed by atoms with Crippen LogP contribution in [0.3, 0.4) is 0 Å². The van der Waals surface area contributed by atoms with E-state index in [0.717, 1.165) is 12.1 Å². The molecule has 0 aliphatic rings. The molecule has 0 bridgehead atoms. The van der Waals surface area contributed by atoms with Crippen molar-refractivity contribution in [3.05, 3.63) is 57.0 Å². The monoisotopic (exact) mass is 293 g/mol. The lowest BCUT2D eigenvalue weighted by Crippen LogP contribution is -2.16. The Labute approximate surface area is 120 Å². The van der Waals surface area contributed by atoms with Crippen molar-refractivity contribution < 1.29 is 9.60 Å². The van der Waals surface area contributed by atoms with Crippen molar-refractivity contribution in [1.82, 2.24) is 5.32 Å². The zero-order chi connectivity index (χ0) is 14.5. The van der Waals surface area contributed by atoms with Crippen LogP contribution in [0.2, 0.25) is 0 Å². The van der Waals surface area contributed by atoms with Gasteiger partial charge in [-0.3, -0.25) is 0 Å². The molecule has 1 heterocycles. The van der Waals surface area contributed by atoms with E-state index in [1.54, 1.807) is 17.4 Å². The summed E-state index contributed by atoms with van der Waals surface area (Å²) >= 11 is 1.69. The lowest BCUT2D eigenvalue weighted by Gasteiger charge is -2.07. The van der Waals surface area contributed by atoms with Crippen LogP contribution in [-0.2, 0) is 13.1 Å². The van der Waals surface area contributed by atoms with Crippen molar-refractivity contribution in [1.29, 1.82) is 0 Å². The predicted molar refractivity (Wildman–Crippen MR) is 78.5 cm³/mol. The largest absolute Gasteiger partial charge is 0.409 e. The first-order chi connectivity index (χ1) is 9.60. The fourth-order valence-corrected chi connectivity index (χ4v) is 2.74. The van der Waals surface area contributed by atoms with Crippen LogP contribution in [0.1, 0.15) is 21.6 Å². The molecule has 0 saturated heterocycles. The molecular weight excluding hydrogens is 277 g/mol. The van der Waals surface area contributed by atoms with E-state index in [-0.39, 0.29) is 5.84 Å². The van der Waals surface area contributed by atoms with Crippen LogP contribution in [0.4, 0.5) is 4.39 Å². The van der Waals surface area contributed by atoms with E-state index >= 15 is 0 Å². The maximum Gasteiger partial charge on any atom is 0.170 e. The maximum atomic E-state index is 13.5. The minimum absolute atomic E-state index is 0.0974. The number of benzene rings is 1. The fraction of sp³-hybridized carbons (Fsp3) is 0.214. The first kappa shape index (κ1) is 14.5. The van der Waals surface area contributed by atoms with Gasteiger partial charge in [0.2, 0.25) is 0 Å². The first-order valence-corrected chi connectivity index (χ1v) is 6.99. The second-order valence-electron chi connectivity index (χ2n) is 4.46. The molecule has 0 aliphatic heterocycles. The molecule has 106 valence electrons. The lowest BCUT2D eigenvalue weighted by molar-refractivity contribution is 0.318. The van der Waals surface area contributed by atoms with E-state index in [4.69, 9.17) is 10.9 Å². The number of nitrogens with zero attached hydrogens (tertiary/aromatic N) is 1. The molecule has 0 fully saturated rings. The summed E-state index contributed by atoms with van der Waals surface area (Å²) in [5.41, 5.74) is 7.84. The fourth-order valence-electron chi connectivity index (χ4n) is 1.86. The number of hydrogen-bond acceptors (Lipinski definition) is 4. The highest BCUT2D eigenvalue weighted by Gasteiger charge is 2.05. The summed E-state index contributed by atoms with van der Waals surface area (Å²) in [5, 5.41) is 16.8. The van der Waals surface area contributed by atoms with Crippen LogP contribution in [0, 0.1) is 12.7 Å². The molecule has 2 aromatic rings. The standard InChI is InChI=1S/C14H16FN3OS/c1-9-2-3-20-13(9)8-17-7-10-4-11(14(16)18-19)6-12(15)5-10/h2-6,17,19H,7-8H2,1H3,(H2,16,18). The Morgan fingerprint density at radius 1 is 1.40 bits per heavy atom. The van der Waals surface area contributed by atoms with Gasteiger partial charge in [0.1, 0.15) is 5.82 Å². The third kappa shape index (κ3) is 3.55. The summed E-state index contributed by atoms with van der Waals surface area (Å²) in [6, 6.07) is 6.44. The van der Waals surface area contributed by atoms with E-state index in [2.05, 4.69) is 23.5 Å². The Bertz CT molecular complexity index is 625. The van der Waals surface area contributed by atoms with Gasteiger partial charge in [0.15, 0.2) is 5.84 Å². The summed E-state index contributed by atoms with van der Waals surface area (Å²) in [7, 11) is 0. The maximum absolute atomic E-state index is 13.5. The van der Waals surface area contributed by atoms with Gasteiger partial charge in [0.25, 0.3) is 0 Å². The summed E-state index contributed by atoms with van der Waals surface area (Å²) < 4.78 is 13.5. The van der Waals surface area contributed by atoms with Crippen LogP contribution in [0.5, 0.6) is 0 Å². The van der Waals surface area contributed by atoms with Gasteiger partial charge >= 0.3 is 0 Å². The van der Waals surface area contributed by atoms with Crippen molar-refractivity contribution in [2.75, 3.05) is 0 Å². The Morgan fingerprint density at radius 3 is 2.85 bits per heavy atom. The minimum atomic E-state index is -0.404. The lowest BCUT2D eigenvalue weighted by atomic mass is 10.1. The van der Waals surface area contributed by atoms with Crippen LogP contribution in [0.15, 0.2) is 34.8 Å². The molecule has 0 unspecified atom stereocenters. The van der Waals surface area contributed by atoms with Crippen molar-refractivity contribution in [3.8, 4) is 0 Å². The van der Waals surface area contributed by atoms with Gasteiger partial charge in [0, 0.05) is 23.5 Å². The van der Waals surface area contributed by atoms with Crippen molar-refractivity contribution in [3.63, 3.8) is 0 Å². The van der Waals surface area contributed by atoms with E-state index in [9.17, 15) is 4.39 Å². The molecular formula is C14H16FN3OS. The van der Waals surface area contributed by atoms with Gasteiger partial charge in [0.05, 0.1) is 0 Å². The Hall–Kier alpha value is -1.92. The van der Waals surface area contributed by atoms with Crippen molar-refractivity contribution >= 4 is 17.2 Å². The number of oxime groups is 1. The summed E-state index contributed by atoms with van der Waals surface area (Å²) in [4.78, 5) is 1.26. The van der Waals surface area contributed by atoms with E-state index in [1.165, 1.54) is 22.6 Å². The van der Waals surface area contributed by atoms with Crippen molar-refractivity contribution in [2.45, 2.75) is 20.0 Å². The number of nitrogens with two attached hydrogens (primary N) is 1. The van der Waals surface area contributed by atoms with Gasteiger partial charge in [-0.1, -0.05) is 5.16 Å². The first-order valence-electron chi connectivity index (χ1n) is 6.11. The zero-order valence-corrected chi connectivity index (χ0v) is 11.9. The molecule has 2 rings (SSSR count). The molecule has 1 aromatic carbocycles. The van der Waals surface area contributed by atoms with Gasteiger partial charge < -0.3 is 16.3 Å². The molecule has 0 radical (unpaired) electrons. The number of hydrogen-bond donors (Lipinski definition) is 3. The van der Waals surface area contributed by atoms with Gasteiger partial charge in [-0.2, -0.15) is 0 Å². The van der Waals surface area contributed by atoms with Crippen LogP contribution in [-0.4, -0.2) is 11.0 Å². The van der Waals surface area contributed by atoms with Gasteiger partial charge in [-0.05, 0) is 47.7 Å². The highest BCUT2D eigenvalue weighted by molar-refractivity contribution is 7.10. The topological polar surface area (TPSA) is 70.6 Å². The van der Waals surface area contributed by atoms with E-state index in [1.807, 2.05) is 5.38 Å². The number of aryl methyl sites for hydroxylation is 1. The Kier molecular flexibility index (Phi) is 4.70.